The van der Waals surface area contributed by atoms with E-state index in [-0.39, 0.29) is 54.6 Å². The first-order chi connectivity index (χ1) is 12.8. The highest BCUT2D eigenvalue weighted by molar-refractivity contribution is 5.94. The molecule has 0 aromatic carbocycles. The normalized spacial score (nSPS) is 16.3. The molecule has 3 rings (SSSR count). The number of carboxylic acid groups (broad SMARTS) is 1. The Labute approximate surface area is 151 Å². The number of aliphatic carboxylic acids is 1. The van der Waals surface area contributed by atoms with Crippen molar-refractivity contribution in [3.05, 3.63) is 22.2 Å². The number of anilines is 1. The Balaban J connectivity index is 2.08. The number of rotatable bonds is 6. The number of amides is 1. The number of carbonyl (C=O) groups excluding carboxylic acids is 1. The van der Waals surface area contributed by atoms with E-state index in [2.05, 4.69) is 15.0 Å². The van der Waals surface area contributed by atoms with Crippen molar-refractivity contribution in [2.45, 2.75) is 31.6 Å². The summed E-state index contributed by atoms with van der Waals surface area (Å²) < 4.78 is 1.19. The van der Waals surface area contributed by atoms with Crippen LogP contribution in [0.15, 0.2) is 11.0 Å². The monoisotopic (exact) mass is 379 g/mol. The van der Waals surface area contributed by atoms with E-state index < -0.39 is 30.3 Å². The maximum absolute atomic E-state index is 12.8. The molecule has 1 aliphatic rings. The van der Waals surface area contributed by atoms with Gasteiger partial charge >= 0.3 is 5.97 Å². The van der Waals surface area contributed by atoms with E-state index in [1.165, 1.54) is 4.57 Å². The lowest BCUT2D eigenvalue weighted by Crippen LogP contribution is -2.43. The van der Waals surface area contributed by atoms with Crippen LogP contribution in [-0.2, 0) is 16.1 Å². The third-order valence-electron chi connectivity index (χ3n) is 4.16. The van der Waals surface area contributed by atoms with E-state index in [1.807, 2.05) is 0 Å². The van der Waals surface area contributed by atoms with E-state index in [0.29, 0.717) is 0 Å². The first-order valence-electron chi connectivity index (χ1n) is 8.10. The van der Waals surface area contributed by atoms with Crippen molar-refractivity contribution < 1.29 is 30.0 Å². The van der Waals surface area contributed by atoms with Gasteiger partial charge in [-0.1, -0.05) is 0 Å². The zero-order valence-corrected chi connectivity index (χ0v) is 14.0. The van der Waals surface area contributed by atoms with Gasteiger partial charge in [-0.15, -0.1) is 0 Å². The topological polar surface area (TPSA) is 179 Å². The lowest BCUT2D eigenvalue weighted by Gasteiger charge is -2.28. The third-order valence-corrected chi connectivity index (χ3v) is 4.16. The largest absolute Gasteiger partial charge is 0.481 e. The number of aromatic nitrogens is 4. The Morgan fingerprint density at radius 3 is 2.67 bits per heavy atom. The molecule has 12 heteroatoms. The van der Waals surface area contributed by atoms with Gasteiger partial charge in [0.2, 0.25) is 11.9 Å². The van der Waals surface area contributed by atoms with Crippen LogP contribution in [0.3, 0.4) is 0 Å². The highest BCUT2D eigenvalue weighted by atomic mass is 16.4. The van der Waals surface area contributed by atoms with Crippen molar-refractivity contribution in [2.24, 2.45) is 0 Å². The highest BCUT2D eigenvalue weighted by Crippen LogP contribution is 2.21. The van der Waals surface area contributed by atoms with Crippen molar-refractivity contribution in [1.29, 1.82) is 0 Å². The summed E-state index contributed by atoms with van der Waals surface area (Å²) in [5, 5.41) is 37.2. The molecule has 2 aromatic rings. The second kappa shape index (κ2) is 7.34. The lowest BCUT2D eigenvalue weighted by atomic mass is 10.1. The molecule has 2 atom stereocenters. The summed E-state index contributed by atoms with van der Waals surface area (Å²) in [4.78, 5) is 48.9. The van der Waals surface area contributed by atoms with Crippen LogP contribution in [-0.4, -0.2) is 71.1 Å². The summed E-state index contributed by atoms with van der Waals surface area (Å²) in [6, 6.07) is 0. The van der Waals surface area contributed by atoms with Gasteiger partial charge in [-0.3, -0.25) is 23.9 Å². The van der Waals surface area contributed by atoms with Crippen LogP contribution in [0.1, 0.15) is 24.6 Å². The Morgan fingerprint density at radius 1 is 1.26 bits per heavy atom. The second-order valence-corrected chi connectivity index (χ2v) is 5.97. The zero-order chi connectivity index (χ0) is 19.7. The molecule has 1 aliphatic heterocycles. The molecule has 144 valence electrons. The Morgan fingerprint density at radius 2 is 2.00 bits per heavy atom. The molecule has 0 fully saturated rings. The van der Waals surface area contributed by atoms with Gasteiger partial charge in [0.15, 0.2) is 11.2 Å². The number of hydrogen-bond acceptors (Lipinski definition) is 9. The molecule has 0 saturated carbocycles. The smallest absolute Gasteiger partial charge is 0.305 e. The summed E-state index contributed by atoms with van der Waals surface area (Å²) in [5.41, 5.74) is -0.982. The van der Waals surface area contributed by atoms with Gasteiger partial charge in [-0.05, 0) is 0 Å². The summed E-state index contributed by atoms with van der Waals surface area (Å²) in [6.45, 7) is -0.796. The quantitative estimate of drug-likeness (QED) is 0.429. The number of nitrogens with zero attached hydrogens (tertiary/aromatic N) is 5. The SMILES string of the molecule is O=C(O)CCN1C(=O)CCn2c1nc1ncc([C@H](O)[C@H](O)CO)nc1c2=O. The van der Waals surface area contributed by atoms with Crippen LogP contribution in [0.4, 0.5) is 5.95 Å². The van der Waals surface area contributed by atoms with Crippen LogP contribution in [0.5, 0.6) is 0 Å². The Kier molecular flexibility index (Phi) is 5.12. The minimum atomic E-state index is -1.54. The summed E-state index contributed by atoms with van der Waals surface area (Å²) >= 11 is 0. The highest BCUT2D eigenvalue weighted by Gasteiger charge is 2.29. The van der Waals surface area contributed by atoms with E-state index in [4.69, 9.17) is 10.2 Å². The minimum Gasteiger partial charge on any atom is -0.481 e. The zero-order valence-electron chi connectivity index (χ0n) is 14.0. The van der Waals surface area contributed by atoms with Crippen LogP contribution in [0.2, 0.25) is 0 Å². The van der Waals surface area contributed by atoms with Gasteiger partial charge in [0, 0.05) is 19.5 Å². The van der Waals surface area contributed by atoms with Gasteiger partial charge in [0.1, 0.15) is 12.2 Å². The van der Waals surface area contributed by atoms with Crippen molar-refractivity contribution in [2.75, 3.05) is 18.1 Å². The summed E-state index contributed by atoms with van der Waals surface area (Å²) in [6.07, 6.45) is -2.24. The van der Waals surface area contributed by atoms with Gasteiger partial charge in [-0.2, -0.15) is 4.98 Å². The molecule has 0 radical (unpaired) electrons. The first kappa shape index (κ1) is 18.8. The molecule has 2 aromatic heterocycles. The Bertz CT molecular complexity index is 959. The van der Waals surface area contributed by atoms with Gasteiger partial charge in [0.25, 0.3) is 5.56 Å². The number of aliphatic hydroxyl groups is 3. The molecule has 1 amide bonds. The van der Waals surface area contributed by atoms with E-state index in [9.17, 15) is 24.6 Å². The van der Waals surface area contributed by atoms with Crippen molar-refractivity contribution in [1.82, 2.24) is 19.5 Å². The average Bonchev–Trinajstić information content (AvgIpc) is 2.65. The van der Waals surface area contributed by atoms with Crippen molar-refractivity contribution in [3.8, 4) is 0 Å². The molecule has 0 saturated heterocycles. The van der Waals surface area contributed by atoms with Crippen LogP contribution in [0.25, 0.3) is 11.2 Å². The van der Waals surface area contributed by atoms with Gasteiger partial charge < -0.3 is 20.4 Å². The third kappa shape index (κ3) is 3.49. The van der Waals surface area contributed by atoms with Gasteiger partial charge in [0.05, 0.1) is 24.9 Å². The molecule has 27 heavy (non-hydrogen) atoms. The van der Waals surface area contributed by atoms with E-state index in [0.717, 1.165) is 11.1 Å². The molecule has 0 spiro atoms. The number of aliphatic hydroxyl groups excluding tert-OH is 3. The maximum Gasteiger partial charge on any atom is 0.305 e. The fourth-order valence-corrected chi connectivity index (χ4v) is 2.73. The van der Waals surface area contributed by atoms with E-state index in [1.54, 1.807) is 0 Å². The van der Waals surface area contributed by atoms with Crippen LogP contribution >= 0.6 is 0 Å². The van der Waals surface area contributed by atoms with Crippen molar-refractivity contribution >= 4 is 29.0 Å². The predicted molar refractivity (Wildman–Crippen MR) is 88.9 cm³/mol. The van der Waals surface area contributed by atoms with Crippen molar-refractivity contribution in [3.63, 3.8) is 0 Å². The number of carbonyl (C=O) groups is 2. The summed E-state index contributed by atoms with van der Waals surface area (Å²) in [5.74, 6) is -1.46. The van der Waals surface area contributed by atoms with Crippen LogP contribution in [0, 0.1) is 0 Å². The molecular weight excluding hydrogens is 362 g/mol. The number of carboxylic acids is 1. The lowest BCUT2D eigenvalue weighted by molar-refractivity contribution is -0.136. The predicted octanol–water partition coefficient (Wildman–Crippen LogP) is -2.22. The summed E-state index contributed by atoms with van der Waals surface area (Å²) in [7, 11) is 0. The molecule has 0 unspecified atom stereocenters. The van der Waals surface area contributed by atoms with E-state index >= 15 is 0 Å². The Hall–Kier alpha value is -2.96. The van der Waals surface area contributed by atoms with Gasteiger partial charge in [-0.25, -0.2) is 9.97 Å². The molecule has 0 bridgehead atoms. The number of fused-ring (bicyclic) bond motifs is 2. The van der Waals surface area contributed by atoms with Crippen LogP contribution < -0.4 is 10.5 Å². The molecule has 0 aliphatic carbocycles. The molecular formula is C15H17N5O7. The molecule has 4 N–H and O–H groups in total. The standard InChI is InChI=1S/C15H17N5O7/c21-6-8(22)12(26)7-5-16-13-11(17-7)14(27)20-3-1-9(23)19(15(20)18-13)4-2-10(24)25/h5,8,12,21-22,26H,1-4,6H2,(H,24,25)/t8-,12+/m1/s1. The maximum atomic E-state index is 12.8. The fourth-order valence-electron chi connectivity index (χ4n) is 2.73. The second-order valence-electron chi connectivity index (χ2n) is 5.97. The number of hydrogen-bond donors (Lipinski definition) is 4. The molecule has 3 heterocycles. The molecule has 12 nitrogen and oxygen atoms in total. The average molecular weight is 379 g/mol. The minimum absolute atomic E-state index is 0.00131. The fraction of sp³-hybridized carbons (Fsp3) is 0.467. The first-order valence-corrected chi connectivity index (χ1v) is 8.10.